The fourth-order valence-electron chi connectivity index (χ4n) is 1.28. The molecule has 2 aromatic rings. The van der Waals surface area contributed by atoms with Crippen LogP contribution in [0, 0.1) is 6.92 Å². The molecule has 1 amide bonds. The van der Waals surface area contributed by atoms with Crippen molar-refractivity contribution in [1.82, 2.24) is 4.37 Å². The number of aromatic nitrogens is 1. The summed E-state index contributed by atoms with van der Waals surface area (Å²) >= 11 is 12.9. The monoisotopic (exact) mass is 286 g/mol. The van der Waals surface area contributed by atoms with E-state index in [0.717, 1.165) is 0 Å². The highest BCUT2D eigenvalue weighted by molar-refractivity contribution is 7.04. The van der Waals surface area contributed by atoms with E-state index in [9.17, 15) is 4.79 Å². The molecule has 0 radical (unpaired) electrons. The summed E-state index contributed by atoms with van der Waals surface area (Å²) in [6, 6.07) is 4.94. The fraction of sp³-hybridized carbons (Fsp3) is 0.0909. The number of carbonyl (C=O) groups is 1. The third kappa shape index (κ3) is 2.77. The van der Waals surface area contributed by atoms with Gasteiger partial charge in [-0.3, -0.25) is 4.79 Å². The molecule has 0 atom stereocenters. The van der Waals surface area contributed by atoms with E-state index in [1.165, 1.54) is 11.5 Å². The van der Waals surface area contributed by atoms with E-state index in [2.05, 4.69) is 9.69 Å². The van der Waals surface area contributed by atoms with Gasteiger partial charge in [0.2, 0.25) is 0 Å². The van der Waals surface area contributed by atoms with Crippen molar-refractivity contribution < 1.29 is 4.79 Å². The third-order valence-corrected chi connectivity index (χ3v) is 3.63. The van der Waals surface area contributed by atoms with Crippen molar-refractivity contribution >= 4 is 46.3 Å². The molecule has 3 nitrogen and oxygen atoms in total. The zero-order chi connectivity index (χ0) is 12.4. The fourth-order valence-corrected chi connectivity index (χ4v) is 2.27. The minimum Gasteiger partial charge on any atom is -0.322 e. The van der Waals surface area contributed by atoms with Crippen molar-refractivity contribution in [1.29, 1.82) is 0 Å². The summed E-state index contributed by atoms with van der Waals surface area (Å²) in [7, 11) is 0. The first-order valence-corrected chi connectivity index (χ1v) is 6.34. The minimum atomic E-state index is -0.199. The molecule has 2 rings (SSSR count). The van der Waals surface area contributed by atoms with E-state index in [1.54, 1.807) is 30.5 Å². The summed E-state index contributed by atoms with van der Waals surface area (Å²) in [6.07, 6.45) is 0. The van der Waals surface area contributed by atoms with Crippen molar-refractivity contribution in [2.24, 2.45) is 0 Å². The van der Waals surface area contributed by atoms with Crippen molar-refractivity contribution in [3.8, 4) is 0 Å². The quantitative estimate of drug-likeness (QED) is 0.906. The number of amides is 1. The van der Waals surface area contributed by atoms with Crippen molar-refractivity contribution in [3.05, 3.63) is 44.9 Å². The molecule has 6 heteroatoms. The molecule has 88 valence electrons. The number of carbonyl (C=O) groups excluding carboxylic acids is 1. The zero-order valence-electron chi connectivity index (χ0n) is 8.83. The van der Waals surface area contributed by atoms with Crippen LogP contribution in [0.25, 0.3) is 0 Å². The molecule has 17 heavy (non-hydrogen) atoms. The summed E-state index contributed by atoms with van der Waals surface area (Å²) in [5, 5.41) is 5.31. The lowest BCUT2D eigenvalue weighted by atomic mass is 10.2. The van der Waals surface area contributed by atoms with Crippen LogP contribution in [0.15, 0.2) is 23.6 Å². The van der Waals surface area contributed by atoms with Crippen LogP contribution in [0.2, 0.25) is 10.0 Å². The number of hydrogen-bond donors (Lipinski definition) is 1. The maximum atomic E-state index is 11.9. The summed E-state index contributed by atoms with van der Waals surface area (Å²) in [5.41, 5.74) is 1.89. The first-order chi connectivity index (χ1) is 8.08. The second-order valence-corrected chi connectivity index (χ2v) is 4.84. The number of nitrogens with one attached hydrogen (secondary N) is 1. The lowest BCUT2D eigenvalue weighted by molar-refractivity contribution is 0.102. The number of anilines is 1. The SMILES string of the molecule is Cc1nscc1C(=O)Nc1ccc(Cl)c(Cl)c1. The average molecular weight is 287 g/mol. The average Bonchev–Trinajstić information content (AvgIpc) is 2.70. The Morgan fingerprint density at radius 2 is 2.12 bits per heavy atom. The minimum absolute atomic E-state index is 0.199. The van der Waals surface area contributed by atoms with Crippen LogP contribution in [0.3, 0.4) is 0 Å². The normalized spacial score (nSPS) is 10.3. The molecule has 1 aromatic heterocycles. The van der Waals surface area contributed by atoms with Crippen LogP contribution >= 0.6 is 34.7 Å². The van der Waals surface area contributed by atoms with Crippen LogP contribution in [-0.2, 0) is 0 Å². The van der Waals surface area contributed by atoms with Gasteiger partial charge in [-0.1, -0.05) is 23.2 Å². The Kier molecular flexibility index (Phi) is 3.66. The molecule has 0 aliphatic carbocycles. The highest BCUT2D eigenvalue weighted by atomic mass is 35.5. The zero-order valence-corrected chi connectivity index (χ0v) is 11.2. The maximum absolute atomic E-state index is 11.9. The van der Waals surface area contributed by atoms with Crippen molar-refractivity contribution in [3.63, 3.8) is 0 Å². The predicted molar refractivity (Wildman–Crippen MR) is 71.3 cm³/mol. The highest BCUT2D eigenvalue weighted by Crippen LogP contribution is 2.25. The number of nitrogens with zero attached hydrogens (tertiary/aromatic N) is 1. The first-order valence-electron chi connectivity index (χ1n) is 4.75. The van der Waals surface area contributed by atoms with E-state index in [4.69, 9.17) is 23.2 Å². The van der Waals surface area contributed by atoms with Gasteiger partial charge in [-0.2, -0.15) is 4.37 Å². The number of halogens is 2. The molecule has 1 heterocycles. The first kappa shape index (κ1) is 12.4. The number of rotatable bonds is 2. The van der Waals surface area contributed by atoms with Crippen LogP contribution in [0.5, 0.6) is 0 Å². The molecule has 0 aliphatic heterocycles. The van der Waals surface area contributed by atoms with Gasteiger partial charge in [-0.25, -0.2) is 0 Å². The Labute approximate surface area is 113 Å². The second kappa shape index (κ2) is 5.04. The Balaban J connectivity index is 2.19. The van der Waals surface area contributed by atoms with Gasteiger partial charge in [0.05, 0.1) is 21.3 Å². The lowest BCUT2D eigenvalue weighted by Gasteiger charge is -2.05. The van der Waals surface area contributed by atoms with Gasteiger partial charge in [0.25, 0.3) is 5.91 Å². The Hall–Kier alpha value is -1.10. The number of hydrogen-bond acceptors (Lipinski definition) is 3. The van der Waals surface area contributed by atoms with E-state index in [-0.39, 0.29) is 5.91 Å². The Morgan fingerprint density at radius 1 is 1.35 bits per heavy atom. The predicted octanol–water partition coefficient (Wildman–Crippen LogP) is 4.01. The second-order valence-electron chi connectivity index (χ2n) is 3.40. The van der Waals surface area contributed by atoms with Gasteiger partial charge < -0.3 is 5.32 Å². The highest BCUT2D eigenvalue weighted by Gasteiger charge is 2.11. The van der Waals surface area contributed by atoms with Gasteiger partial charge in [0.1, 0.15) is 0 Å². The molecule has 0 aliphatic rings. The summed E-state index contributed by atoms with van der Waals surface area (Å²) < 4.78 is 4.04. The molecule has 1 N–H and O–H groups in total. The number of aryl methyl sites for hydroxylation is 1. The molecule has 0 fully saturated rings. The van der Waals surface area contributed by atoms with Crippen LogP contribution in [0.1, 0.15) is 16.1 Å². The van der Waals surface area contributed by atoms with Crippen molar-refractivity contribution in [2.75, 3.05) is 5.32 Å². The van der Waals surface area contributed by atoms with E-state index >= 15 is 0 Å². The Bertz CT molecular complexity index is 568. The lowest BCUT2D eigenvalue weighted by Crippen LogP contribution is -2.12. The van der Waals surface area contributed by atoms with E-state index in [1.807, 2.05) is 0 Å². The van der Waals surface area contributed by atoms with Crippen LogP contribution in [-0.4, -0.2) is 10.3 Å². The summed E-state index contributed by atoms with van der Waals surface area (Å²) in [6.45, 7) is 1.79. The molecular formula is C11H8Cl2N2OS. The van der Waals surface area contributed by atoms with Crippen LogP contribution < -0.4 is 5.32 Å². The number of benzene rings is 1. The van der Waals surface area contributed by atoms with E-state index < -0.39 is 0 Å². The topological polar surface area (TPSA) is 42.0 Å². The Morgan fingerprint density at radius 3 is 2.71 bits per heavy atom. The smallest absolute Gasteiger partial charge is 0.258 e. The molecular weight excluding hydrogens is 279 g/mol. The molecule has 0 spiro atoms. The van der Waals surface area contributed by atoms with Gasteiger partial charge in [-0.05, 0) is 36.7 Å². The molecule has 1 aromatic carbocycles. The third-order valence-electron chi connectivity index (χ3n) is 2.17. The summed E-state index contributed by atoms with van der Waals surface area (Å²) in [5.74, 6) is -0.199. The largest absolute Gasteiger partial charge is 0.322 e. The van der Waals surface area contributed by atoms with Crippen LogP contribution in [0.4, 0.5) is 5.69 Å². The van der Waals surface area contributed by atoms with E-state index in [0.29, 0.717) is 27.0 Å². The molecule has 0 saturated carbocycles. The summed E-state index contributed by atoms with van der Waals surface area (Å²) in [4.78, 5) is 11.9. The van der Waals surface area contributed by atoms with Gasteiger partial charge in [-0.15, -0.1) is 0 Å². The maximum Gasteiger partial charge on any atom is 0.258 e. The molecule has 0 saturated heterocycles. The van der Waals surface area contributed by atoms with Gasteiger partial charge in [0.15, 0.2) is 0 Å². The van der Waals surface area contributed by atoms with Gasteiger partial charge >= 0.3 is 0 Å². The van der Waals surface area contributed by atoms with Crippen molar-refractivity contribution in [2.45, 2.75) is 6.92 Å². The van der Waals surface area contributed by atoms with Gasteiger partial charge in [0, 0.05) is 11.1 Å². The molecule has 0 bridgehead atoms. The molecule has 0 unspecified atom stereocenters. The standard InChI is InChI=1S/C11H8Cl2N2OS/c1-6-8(5-17-15-6)11(16)14-7-2-3-9(12)10(13)4-7/h2-5H,1H3,(H,14,16).